The fraction of sp³-hybridized carbons (Fsp3) is 0.369. The van der Waals surface area contributed by atoms with Crippen LogP contribution in [0.5, 0.6) is 0 Å². The molecule has 0 fully saturated rings. The quantitative estimate of drug-likeness (QED) is 0.0627. The Morgan fingerprint density at radius 3 is 1.88 bits per heavy atom. The maximum absolute atomic E-state index is 4.74. The van der Waals surface area contributed by atoms with Crippen LogP contribution in [0.2, 0.25) is 0 Å². The van der Waals surface area contributed by atoms with Crippen molar-refractivity contribution < 1.29 is 0 Å². The molecule has 0 bridgehead atoms. The first-order chi connectivity index (χ1) is 34.8. The molecule has 0 spiro atoms. The SMILES string of the molecule is C#C.C#C.C=C(C)C(=C)N(C)C(=NCCC)/N=C(\C)C(=C)NCC1C=CC2=C(C=C1)CCCC2.C=C(CCC)Nc1cc(CNC(=C)C2=NC(=C)N(C)C(C(=C)C)=C2)ccc1C.C=C1C=C(C)C1=C.CC.CC. The van der Waals surface area contributed by atoms with Gasteiger partial charge in [0.25, 0.3) is 0 Å². The predicted molar refractivity (Wildman–Crippen MR) is 328 cm³/mol. The molecule has 3 aliphatic carbocycles. The number of nitrogens with one attached hydrogen (secondary N) is 3. The van der Waals surface area contributed by atoms with Gasteiger partial charge in [-0.05, 0) is 135 Å². The van der Waals surface area contributed by atoms with Gasteiger partial charge < -0.3 is 25.8 Å². The topological polar surface area (TPSA) is 79.6 Å². The van der Waals surface area contributed by atoms with Crippen LogP contribution >= 0.6 is 0 Å². The van der Waals surface area contributed by atoms with Crippen molar-refractivity contribution in [2.45, 2.75) is 128 Å². The number of nitrogens with zero attached hydrogens (tertiary/aromatic N) is 5. The second-order valence-corrected chi connectivity index (χ2v) is 17.2. The molecule has 0 amide bonds. The lowest BCUT2D eigenvalue weighted by atomic mass is 9.90. The second-order valence-electron chi connectivity index (χ2n) is 17.2. The monoisotopic (exact) mass is 987 g/mol. The average molecular weight is 988 g/mol. The van der Waals surface area contributed by atoms with E-state index in [2.05, 4.69) is 174 Å². The number of aryl methyl sites for hydroxylation is 1. The molecular weight excluding hydrogens is 893 g/mol. The molecule has 1 heterocycles. The van der Waals surface area contributed by atoms with Crippen molar-refractivity contribution in [2.75, 3.05) is 32.5 Å². The van der Waals surface area contributed by atoms with Gasteiger partial charge in [-0.3, -0.25) is 4.99 Å². The largest absolute Gasteiger partial charge is 0.383 e. The number of terminal acetylenes is 2. The molecule has 394 valence electrons. The van der Waals surface area contributed by atoms with Crippen LogP contribution in [0.3, 0.4) is 0 Å². The number of guanidine groups is 1. The van der Waals surface area contributed by atoms with Crippen molar-refractivity contribution in [1.82, 2.24) is 20.4 Å². The van der Waals surface area contributed by atoms with Crippen molar-refractivity contribution in [3.8, 4) is 25.7 Å². The predicted octanol–water partition coefficient (Wildman–Crippen LogP) is 16.2. The van der Waals surface area contributed by atoms with Crippen molar-refractivity contribution in [1.29, 1.82) is 0 Å². The molecule has 1 aliphatic heterocycles. The van der Waals surface area contributed by atoms with Crippen LogP contribution in [0, 0.1) is 38.5 Å². The van der Waals surface area contributed by atoms with Crippen LogP contribution in [-0.4, -0.2) is 54.4 Å². The molecule has 1 aromatic rings. The van der Waals surface area contributed by atoms with Crippen molar-refractivity contribution in [3.63, 3.8) is 0 Å². The molecule has 0 radical (unpaired) electrons. The molecule has 1 aromatic carbocycles. The molecule has 3 N–H and O–H groups in total. The maximum atomic E-state index is 4.74. The number of aliphatic imine (C=N–C) groups is 3. The van der Waals surface area contributed by atoms with Gasteiger partial charge in [0, 0.05) is 68.1 Å². The smallest absolute Gasteiger partial charge is 0.225 e. The number of allylic oxidation sites excluding steroid dienone is 13. The zero-order valence-electron chi connectivity index (χ0n) is 47.8. The Morgan fingerprint density at radius 1 is 0.836 bits per heavy atom. The third-order valence-corrected chi connectivity index (χ3v) is 11.5. The first-order valence-corrected chi connectivity index (χ1v) is 25.6. The van der Waals surface area contributed by atoms with Gasteiger partial charge in [-0.15, -0.1) is 25.7 Å². The summed E-state index contributed by atoms with van der Waals surface area (Å²) in [7, 11) is 3.86. The van der Waals surface area contributed by atoms with Gasteiger partial charge in [-0.25, -0.2) is 9.98 Å². The lowest BCUT2D eigenvalue weighted by molar-refractivity contribution is 0.520. The number of anilines is 1. The van der Waals surface area contributed by atoms with Gasteiger partial charge in [0.1, 0.15) is 5.82 Å². The summed E-state index contributed by atoms with van der Waals surface area (Å²) in [6.45, 7) is 60.5. The van der Waals surface area contributed by atoms with E-state index in [0.717, 1.165) is 106 Å². The van der Waals surface area contributed by atoms with Gasteiger partial charge in [-0.1, -0.05) is 150 Å². The minimum atomic E-state index is 0.347. The first kappa shape index (κ1) is 67.8. The molecular formula is C65H94N8. The van der Waals surface area contributed by atoms with E-state index in [9.17, 15) is 0 Å². The Bertz CT molecular complexity index is 2370. The highest BCUT2D eigenvalue weighted by molar-refractivity contribution is 6.09. The van der Waals surface area contributed by atoms with Gasteiger partial charge in [0.05, 0.1) is 17.1 Å². The Kier molecular flexibility index (Phi) is 34.8. The highest BCUT2D eigenvalue weighted by atomic mass is 15.3. The van der Waals surface area contributed by atoms with Crippen LogP contribution in [0.15, 0.2) is 202 Å². The van der Waals surface area contributed by atoms with E-state index < -0.39 is 0 Å². The van der Waals surface area contributed by atoms with Crippen LogP contribution in [-0.2, 0) is 6.54 Å². The summed E-state index contributed by atoms with van der Waals surface area (Å²) in [4.78, 5) is 17.7. The highest BCUT2D eigenvalue weighted by Crippen LogP contribution is 2.30. The standard InChI is InChI=1S/C26H38N4.C24H32N4.C7H8.2C2H6.2C2H2/c1-8-17-27-26(30(7)22(6)19(2)3)29-21(5)20(4)28-18-23-13-15-24-11-9-10-12-25(24)16-14-23;1-9-10-18(5)26-22-13-21(12-11-17(22)4)15-25-19(6)23-14-24(16(2)3)28(8)20(7)27-23;1-5-4-6(2)7(5)3;4*1-2/h13-16,23,28H,2,4,6,8-12,17-18H2,1,3,5,7H3;11-14,25-26H,2,5-7,9-10,15H2,1,3-4,8H3;4H,1,3H2,2H3;2*1-2H3;2*1-2H/b27-26?,29-21+;;;;;;. The normalized spacial score (nSPS) is 14.4. The van der Waals surface area contributed by atoms with Crippen LogP contribution < -0.4 is 16.0 Å². The molecule has 5 rings (SSSR count). The van der Waals surface area contributed by atoms with E-state index >= 15 is 0 Å². The number of hydrogen-bond donors (Lipinski definition) is 3. The van der Waals surface area contributed by atoms with E-state index in [4.69, 9.17) is 4.99 Å². The van der Waals surface area contributed by atoms with E-state index in [-0.39, 0.29) is 0 Å². The van der Waals surface area contributed by atoms with E-state index in [1.807, 2.05) is 91.4 Å². The fourth-order valence-electron chi connectivity index (χ4n) is 6.99. The fourth-order valence-corrected chi connectivity index (χ4v) is 6.99. The van der Waals surface area contributed by atoms with Crippen LogP contribution in [0.1, 0.15) is 125 Å². The van der Waals surface area contributed by atoms with Crippen molar-refractivity contribution in [2.24, 2.45) is 20.9 Å². The Morgan fingerprint density at radius 2 is 1.41 bits per heavy atom. The first-order valence-electron chi connectivity index (χ1n) is 25.6. The van der Waals surface area contributed by atoms with Gasteiger partial charge in [0.2, 0.25) is 5.96 Å². The Hall–Kier alpha value is -7.29. The van der Waals surface area contributed by atoms with E-state index in [1.165, 1.54) is 48.0 Å². The average Bonchev–Trinajstić information content (AvgIpc) is 3.62. The highest BCUT2D eigenvalue weighted by Gasteiger charge is 2.18. The Labute approximate surface area is 446 Å². The van der Waals surface area contributed by atoms with Crippen LogP contribution in [0.25, 0.3) is 0 Å². The molecule has 0 saturated carbocycles. The number of rotatable bonds is 17. The molecule has 0 aromatic heterocycles. The minimum Gasteiger partial charge on any atom is -0.383 e. The number of benzene rings is 1. The van der Waals surface area contributed by atoms with E-state index in [1.54, 1.807) is 0 Å². The zero-order valence-corrected chi connectivity index (χ0v) is 47.8. The van der Waals surface area contributed by atoms with Gasteiger partial charge in [0.15, 0.2) is 0 Å². The number of hydrogen-bond acceptors (Lipinski definition) is 6. The molecule has 0 saturated heterocycles. The summed E-state index contributed by atoms with van der Waals surface area (Å²) < 4.78 is 0. The van der Waals surface area contributed by atoms with Gasteiger partial charge in [-0.2, -0.15) is 0 Å². The summed E-state index contributed by atoms with van der Waals surface area (Å²) in [6.07, 6.45) is 37.3. The lowest BCUT2D eigenvalue weighted by Crippen LogP contribution is -2.28. The summed E-state index contributed by atoms with van der Waals surface area (Å²) in [5.41, 5.74) is 17.8. The summed E-state index contributed by atoms with van der Waals surface area (Å²) in [5, 5.41) is 10.3. The van der Waals surface area contributed by atoms with Gasteiger partial charge >= 0.3 is 0 Å². The van der Waals surface area contributed by atoms with Crippen molar-refractivity contribution >= 4 is 23.1 Å². The molecule has 4 aliphatic rings. The third-order valence-electron chi connectivity index (χ3n) is 11.5. The summed E-state index contributed by atoms with van der Waals surface area (Å²) in [5.74, 6) is 1.66. The van der Waals surface area contributed by atoms with Crippen molar-refractivity contribution in [3.05, 3.63) is 198 Å². The molecule has 73 heavy (non-hydrogen) atoms. The summed E-state index contributed by atoms with van der Waals surface area (Å²) in [6, 6.07) is 6.39. The zero-order chi connectivity index (χ0) is 56.4. The summed E-state index contributed by atoms with van der Waals surface area (Å²) >= 11 is 0. The Balaban J connectivity index is 0. The molecule has 8 nitrogen and oxygen atoms in total. The van der Waals surface area contributed by atoms with E-state index in [0.29, 0.717) is 24.2 Å². The second kappa shape index (κ2) is 37.5. The maximum Gasteiger partial charge on any atom is 0.225 e. The van der Waals surface area contributed by atoms with Crippen LogP contribution in [0.4, 0.5) is 5.69 Å². The lowest BCUT2D eigenvalue weighted by Gasteiger charge is -2.27. The molecule has 0 atom stereocenters. The third kappa shape index (κ3) is 23.7. The number of likely N-dealkylation sites (N-methyl/N-ethyl adjacent to an activating group) is 2. The molecule has 0 unspecified atom stereocenters. The minimum absolute atomic E-state index is 0.347. The molecule has 8 heteroatoms.